The van der Waals surface area contributed by atoms with Crippen LogP contribution in [0, 0.1) is 0 Å². The summed E-state index contributed by atoms with van der Waals surface area (Å²) in [6.07, 6.45) is 6.06. The Bertz CT molecular complexity index is 755. The number of fused-ring (bicyclic) bond motifs is 1. The number of ether oxygens (including phenoxy) is 1. The Labute approximate surface area is 159 Å². The predicted molar refractivity (Wildman–Crippen MR) is 101 cm³/mol. The van der Waals surface area contributed by atoms with Crippen molar-refractivity contribution < 1.29 is 9.53 Å². The normalized spacial score (nSPS) is 18.1. The van der Waals surface area contributed by atoms with E-state index in [1.807, 2.05) is 23.4 Å². The van der Waals surface area contributed by atoms with Crippen molar-refractivity contribution in [3.05, 3.63) is 47.5 Å². The van der Waals surface area contributed by atoms with Crippen molar-refractivity contribution in [1.82, 2.24) is 24.6 Å². The van der Waals surface area contributed by atoms with E-state index in [0.29, 0.717) is 39.1 Å². The number of pyridine rings is 1. The molecule has 1 fully saturated rings. The number of aromatic nitrogens is 3. The number of hydrogen-bond acceptors (Lipinski definition) is 5. The molecule has 27 heavy (non-hydrogen) atoms. The summed E-state index contributed by atoms with van der Waals surface area (Å²) in [4.78, 5) is 20.9. The predicted octanol–water partition coefficient (Wildman–Crippen LogP) is 1.48. The number of carbonyl (C=O) groups is 1. The second-order valence-electron chi connectivity index (χ2n) is 7.27. The van der Waals surface area contributed by atoms with Gasteiger partial charge in [0.15, 0.2) is 0 Å². The Hall–Kier alpha value is -2.25. The third-order valence-corrected chi connectivity index (χ3v) is 5.23. The maximum Gasteiger partial charge on any atom is 0.223 e. The van der Waals surface area contributed by atoms with Crippen LogP contribution in [0.5, 0.6) is 0 Å². The van der Waals surface area contributed by atoms with Gasteiger partial charge < -0.3 is 9.64 Å². The first-order valence-corrected chi connectivity index (χ1v) is 9.80. The van der Waals surface area contributed by atoms with E-state index in [2.05, 4.69) is 26.7 Å². The summed E-state index contributed by atoms with van der Waals surface area (Å²) in [5.41, 5.74) is 3.50. The molecule has 0 spiro atoms. The molecule has 7 nitrogen and oxygen atoms in total. The highest BCUT2D eigenvalue weighted by Gasteiger charge is 2.19. The van der Waals surface area contributed by atoms with Gasteiger partial charge in [-0.15, -0.1) is 0 Å². The largest absolute Gasteiger partial charge is 0.378 e. The standard InChI is InChI=1S/C20H27N5O2/c26-20(24-9-11-27-12-10-24)5-4-18-13-19-16-23(7-2-8-25(19)22-18)15-17-3-1-6-21-14-17/h1,3,6,13-14H,2,4-5,7-12,15-16H2. The van der Waals surface area contributed by atoms with E-state index in [1.165, 1.54) is 11.3 Å². The van der Waals surface area contributed by atoms with Crippen LogP contribution in [0.1, 0.15) is 29.8 Å². The van der Waals surface area contributed by atoms with Crippen LogP contribution in [0.15, 0.2) is 30.6 Å². The molecule has 0 aliphatic carbocycles. The Balaban J connectivity index is 1.35. The van der Waals surface area contributed by atoms with Crippen LogP contribution in [0.25, 0.3) is 0 Å². The highest BCUT2D eigenvalue weighted by atomic mass is 16.5. The van der Waals surface area contributed by atoms with Crippen LogP contribution >= 0.6 is 0 Å². The molecule has 1 saturated heterocycles. The van der Waals surface area contributed by atoms with Gasteiger partial charge in [0.1, 0.15) is 0 Å². The molecule has 4 rings (SSSR count). The van der Waals surface area contributed by atoms with E-state index < -0.39 is 0 Å². The molecule has 2 aliphatic rings. The topological polar surface area (TPSA) is 63.5 Å². The average Bonchev–Trinajstić information content (AvgIpc) is 2.99. The summed E-state index contributed by atoms with van der Waals surface area (Å²) in [5, 5.41) is 4.75. The summed E-state index contributed by atoms with van der Waals surface area (Å²) in [7, 11) is 0. The molecule has 0 unspecified atom stereocenters. The van der Waals surface area contributed by atoms with Crippen molar-refractivity contribution in [3.63, 3.8) is 0 Å². The number of morpholine rings is 1. The zero-order valence-electron chi connectivity index (χ0n) is 15.7. The molecule has 0 N–H and O–H groups in total. The van der Waals surface area contributed by atoms with Crippen molar-refractivity contribution in [2.24, 2.45) is 0 Å². The summed E-state index contributed by atoms with van der Waals surface area (Å²) < 4.78 is 7.44. The maximum absolute atomic E-state index is 12.3. The molecular weight excluding hydrogens is 342 g/mol. The maximum atomic E-state index is 12.3. The Morgan fingerprint density at radius 2 is 2.07 bits per heavy atom. The van der Waals surface area contributed by atoms with Gasteiger partial charge in [-0.2, -0.15) is 5.10 Å². The monoisotopic (exact) mass is 369 g/mol. The lowest BCUT2D eigenvalue weighted by Crippen LogP contribution is -2.40. The Morgan fingerprint density at radius 3 is 2.89 bits per heavy atom. The second kappa shape index (κ2) is 8.63. The molecule has 4 heterocycles. The number of hydrogen-bond donors (Lipinski definition) is 0. The van der Waals surface area contributed by atoms with Gasteiger partial charge >= 0.3 is 0 Å². The highest BCUT2D eigenvalue weighted by Crippen LogP contribution is 2.17. The van der Waals surface area contributed by atoms with Gasteiger partial charge in [0, 0.05) is 64.5 Å². The molecule has 0 saturated carbocycles. The molecule has 7 heteroatoms. The average molecular weight is 369 g/mol. The van der Waals surface area contributed by atoms with Gasteiger partial charge in [-0.25, -0.2) is 0 Å². The minimum absolute atomic E-state index is 0.208. The van der Waals surface area contributed by atoms with E-state index in [9.17, 15) is 4.79 Å². The first-order valence-electron chi connectivity index (χ1n) is 9.80. The minimum Gasteiger partial charge on any atom is -0.378 e. The summed E-state index contributed by atoms with van der Waals surface area (Å²) in [6.45, 7) is 6.51. The molecular formula is C20H27N5O2. The van der Waals surface area contributed by atoms with Crippen molar-refractivity contribution in [2.75, 3.05) is 32.8 Å². The first-order chi connectivity index (χ1) is 13.3. The van der Waals surface area contributed by atoms with Crippen LogP contribution in [-0.2, 0) is 35.6 Å². The van der Waals surface area contributed by atoms with Gasteiger partial charge in [-0.3, -0.25) is 19.4 Å². The quantitative estimate of drug-likeness (QED) is 0.799. The number of rotatable bonds is 5. The Morgan fingerprint density at radius 1 is 1.19 bits per heavy atom. The van der Waals surface area contributed by atoms with Crippen LogP contribution in [0.4, 0.5) is 0 Å². The third kappa shape index (κ3) is 4.73. The smallest absolute Gasteiger partial charge is 0.223 e. The van der Waals surface area contributed by atoms with E-state index in [0.717, 1.165) is 38.3 Å². The zero-order chi connectivity index (χ0) is 18.5. The summed E-state index contributed by atoms with van der Waals surface area (Å²) in [6, 6.07) is 6.28. The van der Waals surface area contributed by atoms with Gasteiger partial charge in [-0.05, 0) is 24.1 Å². The van der Waals surface area contributed by atoms with Gasteiger partial charge in [0.25, 0.3) is 0 Å². The van der Waals surface area contributed by atoms with Crippen molar-refractivity contribution in [2.45, 2.75) is 38.9 Å². The molecule has 1 amide bonds. The molecule has 0 bridgehead atoms. The van der Waals surface area contributed by atoms with Crippen LogP contribution in [0.2, 0.25) is 0 Å². The van der Waals surface area contributed by atoms with Crippen molar-refractivity contribution in [3.8, 4) is 0 Å². The van der Waals surface area contributed by atoms with E-state index in [1.54, 1.807) is 0 Å². The molecule has 2 aliphatic heterocycles. The van der Waals surface area contributed by atoms with E-state index in [-0.39, 0.29) is 5.91 Å². The number of carbonyl (C=O) groups excluding carboxylic acids is 1. The summed E-state index contributed by atoms with van der Waals surface area (Å²) in [5.74, 6) is 0.208. The molecule has 0 radical (unpaired) electrons. The molecule has 0 atom stereocenters. The SMILES string of the molecule is O=C(CCc1cc2n(n1)CCCN(Cc1cccnc1)C2)N1CCOCC1. The second-order valence-corrected chi connectivity index (χ2v) is 7.27. The first kappa shape index (κ1) is 18.1. The fourth-order valence-corrected chi connectivity index (χ4v) is 3.80. The van der Waals surface area contributed by atoms with Gasteiger partial charge in [0.05, 0.1) is 24.6 Å². The fourth-order valence-electron chi connectivity index (χ4n) is 3.80. The Kier molecular flexibility index (Phi) is 5.79. The minimum atomic E-state index is 0.208. The molecule has 0 aromatic carbocycles. The number of aryl methyl sites for hydroxylation is 2. The lowest BCUT2D eigenvalue weighted by molar-refractivity contribution is -0.135. The van der Waals surface area contributed by atoms with Crippen LogP contribution in [-0.4, -0.2) is 63.3 Å². The van der Waals surface area contributed by atoms with Crippen LogP contribution < -0.4 is 0 Å². The third-order valence-electron chi connectivity index (χ3n) is 5.23. The molecule has 2 aromatic heterocycles. The van der Waals surface area contributed by atoms with Crippen LogP contribution in [0.3, 0.4) is 0 Å². The molecule has 144 valence electrons. The van der Waals surface area contributed by atoms with E-state index >= 15 is 0 Å². The lowest BCUT2D eigenvalue weighted by atomic mass is 10.2. The lowest BCUT2D eigenvalue weighted by Gasteiger charge is -2.26. The van der Waals surface area contributed by atoms with Crippen molar-refractivity contribution in [1.29, 1.82) is 0 Å². The molecule has 2 aromatic rings. The van der Waals surface area contributed by atoms with Gasteiger partial charge in [-0.1, -0.05) is 6.07 Å². The number of nitrogens with zero attached hydrogens (tertiary/aromatic N) is 5. The van der Waals surface area contributed by atoms with Gasteiger partial charge in [0.2, 0.25) is 5.91 Å². The summed E-state index contributed by atoms with van der Waals surface area (Å²) >= 11 is 0. The van der Waals surface area contributed by atoms with E-state index in [4.69, 9.17) is 9.84 Å². The van der Waals surface area contributed by atoms with Crippen molar-refractivity contribution >= 4 is 5.91 Å². The highest BCUT2D eigenvalue weighted by molar-refractivity contribution is 5.76. The number of amides is 1. The zero-order valence-corrected chi connectivity index (χ0v) is 15.7. The fraction of sp³-hybridized carbons (Fsp3) is 0.550.